The van der Waals surface area contributed by atoms with E-state index in [0.717, 1.165) is 11.1 Å². The average molecular weight is 562 g/mol. The van der Waals surface area contributed by atoms with E-state index in [1.165, 1.54) is 18.2 Å². The van der Waals surface area contributed by atoms with Crippen LogP contribution in [-0.4, -0.2) is 33.9 Å². The Morgan fingerprint density at radius 2 is 1.66 bits per heavy atom. The molecule has 0 heterocycles. The number of aryl methyl sites for hydroxylation is 1. The van der Waals surface area contributed by atoms with Gasteiger partial charge in [0.15, 0.2) is 11.5 Å². The third-order valence-corrected chi connectivity index (χ3v) is 7.22. The van der Waals surface area contributed by atoms with Crippen molar-refractivity contribution >= 4 is 17.5 Å². The minimum Gasteiger partial charge on any atom is -0.504 e. The summed E-state index contributed by atoms with van der Waals surface area (Å²) in [6, 6.07) is 20.1. The molecule has 9 nitrogen and oxygen atoms in total. The molecule has 0 aliphatic rings. The molecule has 3 N–H and O–H groups in total. The zero-order valence-electron chi connectivity index (χ0n) is 23.8. The number of rotatable bonds is 15. The van der Waals surface area contributed by atoms with E-state index in [-0.39, 0.29) is 41.6 Å². The monoisotopic (exact) mass is 561 g/mol. The van der Waals surface area contributed by atoms with Crippen LogP contribution in [0.1, 0.15) is 56.7 Å². The van der Waals surface area contributed by atoms with Crippen molar-refractivity contribution in [3.8, 4) is 11.5 Å². The number of phenolic OH excluding ortho intramolecular Hbond substituents is 1. The molecule has 0 fully saturated rings. The van der Waals surface area contributed by atoms with Crippen LogP contribution in [0.3, 0.4) is 0 Å². The van der Waals surface area contributed by atoms with Crippen molar-refractivity contribution < 1.29 is 24.4 Å². The lowest BCUT2D eigenvalue weighted by molar-refractivity contribution is -0.384. The first-order valence-electron chi connectivity index (χ1n) is 14.0. The number of nitro groups is 1. The van der Waals surface area contributed by atoms with Gasteiger partial charge in [-0.25, -0.2) is 0 Å². The van der Waals surface area contributed by atoms with E-state index >= 15 is 0 Å². The molecule has 41 heavy (non-hydrogen) atoms. The number of hydrogen-bond acceptors (Lipinski definition) is 6. The van der Waals surface area contributed by atoms with Gasteiger partial charge in [-0.3, -0.25) is 19.7 Å². The van der Waals surface area contributed by atoms with E-state index in [0.29, 0.717) is 43.6 Å². The summed E-state index contributed by atoms with van der Waals surface area (Å²) in [5, 5.41) is 27.8. The minimum absolute atomic E-state index is 0.0684. The topological polar surface area (TPSA) is 131 Å². The van der Waals surface area contributed by atoms with E-state index in [1.807, 2.05) is 63.2 Å². The molecule has 0 spiro atoms. The van der Waals surface area contributed by atoms with E-state index in [1.54, 1.807) is 12.1 Å². The van der Waals surface area contributed by atoms with Crippen LogP contribution in [0.4, 0.5) is 5.69 Å². The molecule has 0 aliphatic heterocycles. The molecule has 0 radical (unpaired) electrons. The standard InChI is InChI=1S/C32H39N3O6/c1-4-22(3)30(34-29(36)20-24-13-9-15-27(19-24)35(39)40)32(38)33-26(5-2)18-17-25-14-10-16-28(31(25)37)41-21-23-11-7-6-8-12-23/h6-16,19,22,26,30,37H,4-5,17-18,20-21H2,1-3H3,(H,33,38)(H,34,36)/t22?,26?,30-/m0/s1. The fraction of sp³-hybridized carbons (Fsp3) is 0.375. The molecular weight excluding hydrogens is 522 g/mol. The summed E-state index contributed by atoms with van der Waals surface area (Å²) in [5.41, 5.74) is 2.14. The van der Waals surface area contributed by atoms with E-state index in [4.69, 9.17) is 4.74 Å². The molecule has 3 rings (SSSR count). The van der Waals surface area contributed by atoms with Gasteiger partial charge in [0.2, 0.25) is 11.8 Å². The number of hydrogen-bond donors (Lipinski definition) is 3. The van der Waals surface area contributed by atoms with E-state index in [9.17, 15) is 24.8 Å². The number of benzene rings is 3. The number of nitrogens with zero attached hydrogens (tertiary/aromatic N) is 1. The number of nitro benzene ring substituents is 1. The van der Waals surface area contributed by atoms with Crippen LogP contribution in [0.2, 0.25) is 0 Å². The third-order valence-electron chi connectivity index (χ3n) is 7.22. The third kappa shape index (κ3) is 9.34. The predicted molar refractivity (Wildman–Crippen MR) is 158 cm³/mol. The number of carbonyl (C=O) groups is 2. The van der Waals surface area contributed by atoms with Crippen LogP contribution in [0, 0.1) is 16.0 Å². The smallest absolute Gasteiger partial charge is 0.269 e. The van der Waals surface area contributed by atoms with Crippen molar-refractivity contribution in [1.82, 2.24) is 10.6 Å². The lowest BCUT2D eigenvalue weighted by atomic mass is 9.96. The van der Waals surface area contributed by atoms with Gasteiger partial charge in [0.05, 0.1) is 11.3 Å². The summed E-state index contributed by atoms with van der Waals surface area (Å²) in [7, 11) is 0. The quantitative estimate of drug-likeness (QED) is 0.166. The molecule has 2 unspecified atom stereocenters. The number of phenols is 1. The van der Waals surface area contributed by atoms with Gasteiger partial charge in [0, 0.05) is 18.2 Å². The Hall–Kier alpha value is -4.40. The second-order valence-corrected chi connectivity index (χ2v) is 10.2. The van der Waals surface area contributed by atoms with Gasteiger partial charge >= 0.3 is 0 Å². The van der Waals surface area contributed by atoms with Crippen LogP contribution in [0.15, 0.2) is 72.8 Å². The predicted octanol–water partition coefficient (Wildman–Crippen LogP) is 5.48. The van der Waals surface area contributed by atoms with Crippen molar-refractivity contribution in [2.24, 2.45) is 5.92 Å². The molecule has 3 atom stereocenters. The Morgan fingerprint density at radius 3 is 2.34 bits per heavy atom. The highest BCUT2D eigenvalue weighted by Gasteiger charge is 2.27. The van der Waals surface area contributed by atoms with Crippen molar-refractivity contribution in [2.45, 2.75) is 71.6 Å². The fourth-order valence-corrected chi connectivity index (χ4v) is 4.51. The maximum atomic E-state index is 13.3. The van der Waals surface area contributed by atoms with E-state index < -0.39 is 11.0 Å². The van der Waals surface area contributed by atoms with Gasteiger partial charge in [-0.15, -0.1) is 0 Å². The SMILES string of the molecule is CCC(CCc1cccc(OCc2ccccc2)c1O)NC(=O)[C@@H](NC(=O)Cc1cccc([N+](=O)[O-])c1)C(C)CC. The number of carbonyl (C=O) groups excluding carboxylic acids is 2. The molecule has 3 aromatic rings. The molecule has 3 aromatic carbocycles. The molecule has 0 saturated heterocycles. The molecule has 0 saturated carbocycles. The van der Waals surface area contributed by atoms with E-state index in [2.05, 4.69) is 10.6 Å². The first-order valence-corrected chi connectivity index (χ1v) is 14.0. The van der Waals surface area contributed by atoms with Crippen molar-refractivity contribution in [2.75, 3.05) is 0 Å². The van der Waals surface area contributed by atoms with Gasteiger partial charge in [-0.2, -0.15) is 0 Å². The molecule has 9 heteroatoms. The van der Waals surface area contributed by atoms with Crippen LogP contribution in [0.5, 0.6) is 11.5 Å². The Morgan fingerprint density at radius 1 is 0.951 bits per heavy atom. The van der Waals surface area contributed by atoms with Gasteiger partial charge < -0.3 is 20.5 Å². The van der Waals surface area contributed by atoms with Crippen LogP contribution >= 0.6 is 0 Å². The normalized spacial score (nSPS) is 13.0. The number of para-hydroxylation sites is 1. The first-order chi connectivity index (χ1) is 19.7. The second kappa shape index (κ2) is 15.4. The first kappa shape index (κ1) is 31.1. The van der Waals surface area contributed by atoms with Crippen LogP contribution in [0.25, 0.3) is 0 Å². The zero-order valence-corrected chi connectivity index (χ0v) is 23.8. The highest BCUT2D eigenvalue weighted by atomic mass is 16.6. The van der Waals surface area contributed by atoms with Crippen molar-refractivity contribution in [1.29, 1.82) is 0 Å². The molecule has 0 bridgehead atoms. The fourth-order valence-electron chi connectivity index (χ4n) is 4.51. The number of ether oxygens (including phenoxy) is 1. The lowest BCUT2D eigenvalue weighted by Gasteiger charge is -2.26. The molecular formula is C32H39N3O6. The number of nitrogens with one attached hydrogen (secondary N) is 2. The zero-order chi connectivity index (χ0) is 29.8. The summed E-state index contributed by atoms with van der Waals surface area (Å²) in [4.78, 5) is 36.7. The molecule has 0 aliphatic carbocycles. The van der Waals surface area contributed by atoms with Gasteiger partial charge in [-0.05, 0) is 47.9 Å². The lowest BCUT2D eigenvalue weighted by Crippen LogP contribution is -2.52. The highest BCUT2D eigenvalue weighted by Crippen LogP contribution is 2.31. The number of non-ortho nitro benzene ring substituents is 1. The second-order valence-electron chi connectivity index (χ2n) is 10.2. The molecule has 2 amide bonds. The summed E-state index contributed by atoms with van der Waals surface area (Å²) >= 11 is 0. The Bertz CT molecular complexity index is 1310. The summed E-state index contributed by atoms with van der Waals surface area (Å²) in [5.74, 6) is -0.273. The van der Waals surface area contributed by atoms with Gasteiger partial charge in [0.1, 0.15) is 12.6 Å². The van der Waals surface area contributed by atoms with Gasteiger partial charge in [-0.1, -0.05) is 81.8 Å². The van der Waals surface area contributed by atoms with Crippen LogP contribution in [-0.2, 0) is 29.0 Å². The minimum atomic E-state index is -0.747. The highest BCUT2D eigenvalue weighted by molar-refractivity contribution is 5.88. The largest absolute Gasteiger partial charge is 0.504 e. The van der Waals surface area contributed by atoms with Gasteiger partial charge in [0.25, 0.3) is 5.69 Å². The maximum absolute atomic E-state index is 13.3. The number of amides is 2. The summed E-state index contributed by atoms with van der Waals surface area (Å²) < 4.78 is 5.84. The Labute approximate surface area is 241 Å². The van der Waals surface area contributed by atoms with Crippen molar-refractivity contribution in [3.05, 3.63) is 99.6 Å². The Balaban J connectivity index is 1.59. The van der Waals surface area contributed by atoms with Crippen LogP contribution < -0.4 is 15.4 Å². The average Bonchev–Trinajstić information content (AvgIpc) is 2.98. The Kier molecular flexibility index (Phi) is 11.7. The van der Waals surface area contributed by atoms with Crippen molar-refractivity contribution in [3.63, 3.8) is 0 Å². The number of aromatic hydroxyl groups is 1. The maximum Gasteiger partial charge on any atom is 0.269 e. The molecule has 218 valence electrons. The molecule has 0 aromatic heterocycles. The summed E-state index contributed by atoms with van der Waals surface area (Å²) in [6.07, 6.45) is 2.40. The summed E-state index contributed by atoms with van der Waals surface area (Å²) in [6.45, 7) is 6.17.